The van der Waals surface area contributed by atoms with Crippen molar-refractivity contribution in [1.29, 1.82) is 0 Å². The number of rotatable bonds is 2. The third-order valence-electron chi connectivity index (χ3n) is 4.98. The van der Waals surface area contributed by atoms with Gasteiger partial charge in [-0.1, -0.05) is 0 Å². The van der Waals surface area contributed by atoms with Gasteiger partial charge in [-0.3, -0.25) is 5.32 Å². The fraction of sp³-hybridized carbons (Fsp3) is 1.00. The maximum Gasteiger partial charge on any atom is 0.163 e. The van der Waals surface area contributed by atoms with Crippen LogP contribution in [0.1, 0.15) is 34.1 Å². The number of fused-ring (bicyclic) bond motifs is 1. The van der Waals surface area contributed by atoms with E-state index in [-0.39, 0.29) is 36.1 Å². The van der Waals surface area contributed by atoms with Gasteiger partial charge in [0.25, 0.3) is 0 Å². The first-order chi connectivity index (χ1) is 9.76. The van der Waals surface area contributed by atoms with Crippen LogP contribution in [0.5, 0.6) is 0 Å². The Kier molecular flexibility index (Phi) is 2.84. The second kappa shape index (κ2) is 4.17. The molecule has 0 aromatic rings. The van der Waals surface area contributed by atoms with Gasteiger partial charge in [-0.05, 0) is 27.7 Å². The first-order valence-electron chi connectivity index (χ1n) is 7.61. The van der Waals surface area contributed by atoms with E-state index in [4.69, 9.17) is 18.9 Å². The first kappa shape index (κ1) is 14.3. The zero-order valence-corrected chi connectivity index (χ0v) is 12.9. The summed E-state index contributed by atoms with van der Waals surface area (Å²) < 4.78 is 24.1. The van der Waals surface area contributed by atoms with Gasteiger partial charge in [0, 0.05) is 6.42 Å². The summed E-state index contributed by atoms with van der Waals surface area (Å²) in [5, 5.41) is 12.8. The molecule has 4 rings (SSSR count). The Hall–Kier alpha value is -0.280. The van der Waals surface area contributed by atoms with Gasteiger partial charge in [-0.15, -0.1) is 0 Å². The lowest BCUT2D eigenvalue weighted by atomic mass is 10.0. The van der Waals surface area contributed by atoms with Crippen molar-refractivity contribution in [3.8, 4) is 0 Å². The van der Waals surface area contributed by atoms with Crippen LogP contribution in [0.3, 0.4) is 0 Å². The van der Waals surface area contributed by atoms with Gasteiger partial charge in [0.05, 0.1) is 24.8 Å². The molecule has 4 aliphatic rings. The Balaban J connectivity index is 1.59. The van der Waals surface area contributed by atoms with E-state index < -0.39 is 11.4 Å². The smallest absolute Gasteiger partial charge is 0.163 e. The maximum absolute atomic E-state index is 9.36. The van der Waals surface area contributed by atoms with E-state index in [1.165, 1.54) is 0 Å². The van der Waals surface area contributed by atoms with E-state index in [0.717, 1.165) is 6.42 Å². The van der Waals surface area contributed by atoms with Crippen molar-refractivity contribution in [2.75, 3.05) is 6.61 Å². The van der Waals surface area contributed by atoms with Crippen molar-refractivity contribution in [2.45, 2.75) is 81.6 Å². The zero-order valence-electron chi connectivity index (χ0n) is 12.9. The van der Waals surface area contributed by atoms with Crippen molar-refractivity contribution in [2.24, 2.45) is 0 Å². The Morgan fingerprint density at radius 3 is 2.52 bits per heavy atom. The minimum absolute atomic E-state index is 0.0710. The fourth-order valence-corrected chi connectivity index (χ4v) is 4.07. The molecule has 7 heteroatoms. The molecule has 1 spiro atoms. The number of nitrogens with one attached hydrogen (secondary N) is 2. The van der Waals surface area contributed by atoms with Crippen molar-refractivity contribution in [3.05, 3.63) is 0 Å². The molecule has 0 aromatic carbocycles. The average molecular weight is 300 g/mol. The van der Waals surface area contributed by atoms with Crippen LogP contribution in [-0.4, -0.2) is 59.3 Å². The van der Waals surface area contributed by atoms with Crippen LogP contribution in [0.25, 0.3) is 0 Å². The molecular weight excluding hydrogens is 276 g/mol. The Bertz CT molecular complexity index is 457. The van der Waals surface area contributed by atoms with Crippen LogP contribution < -0.4 is 10.8 Å². The molecule has 3 saturated heterocycles. The number of ether oxygens (including phenoxy) is 4. The van der Waals surface area contributed by atoms with Crippen LogP contribution in [0.15, 0.2) is 0 Å². The summed E-state index contributed by atoms with van der Waals surface area (Å²) in [7, 11) is 0. The molecule has 1 aliphatic carbocycles. The zero-order chi connectivity index (χ0) is 15.0. The van der Waals surface area contributed by atoms with Crippen molar-refractivity contribution in [3.63, 3.8) is 0 Å². The van der Waals surface area contributed by atoms with Crippen LogP contribution in [0.4, 0.5) is 0 Å². The standard InChI is InChI=1S/C14H24N2O5/c1-12(2)15-7(6-18-12)9-8-5-14(20-9)10(16-17)11(14)21-13(3,4)19-8/h7-11,15-17H,5-6H2,1-4H3/t7-,8?,9+,10?,11?,14?/m0/s1. The lowest BCUT2D eigenvalue weighted by molar-refractivity contribution is -0.262. The molecule has 3 N–H and O–H groups in total. The summed E-state index contributed by atoms with van der Waals surface area (Å²) in [5.74, 6) is -0.681. The molecule has 0 amide bonds. The predicted octanol–water partition coefficient (Wildman–Crippen LogP) is 0.120. The average Bonchev–Trinajstić information content (AvgIpc) is 2.66. The van der Waals surface area contributed by atoms with E-state index in [1.807, 2.05) is 27.7 Å². The molecule has 6 atom stereocenters. The van der Waals surface area contributed by atoms with E-state index >= 15 is 0 Å². The SMILES string of the molecule is CC1(C)N[C@H]([C@H]2OC34CC2OC(C)(C)OC3C4NO)CO1. The number of hydroxylamine groups is 1. The third-order valence-corrected chi connectivity index (χ3v) is 4.98. The topological polar surface area (TPSA) is 81.2 Å². The van der Waals surface area contributed by atoms with Crippen molar-refractivity contribution in [1.82, 2.24) is 10.8 Å². The monoisotopic (exact) mass is 300 g/mol. The third kappa shape index (κ3) is 2.07. The van der Waals surface area contributed by atoms with Crippen LogP contribution in [0.2, 0.25) is 0 Å². The van der Waals surface area contributed by atoms with Gasteiger partial charge in [-0.2, -0.15) is 5.48 Å². The molecule has 3 heterocycles. The Morgan fingerprint density at radius 1 is 1.14 bits per heavy atom. The van der Waals surface area contributed by atoms with Gasteiger partial charge >= 0.3 is 0 Å². The van der Waals surface area contributed by atoms with Gasteiger partial charge in [0.1, 0.15) is 23.5 Å². The molecule has 4 fully saturated rings. The fourth-order valence-electron chi connectivity index (χ4n) is 4.07. The van der Waals surface area contributed by atoms with Gasteiger partial charge in [0.15, 0.2) is 5.79 Å². The van der Waals surface area contributed by atoms with Gasteiger partial charge in [0.2, 0.25) is 0 Å². The maximum atomic E-state index is 9.36. The minimum Gasteiger partial charge on any atom is -0.363 e. The molecule has 2 bridgehead atoms. The highest BCUT2D eigenvalue weighted by Gasteiger charge is 2.76. The molecule has 21 heavy (non-hydrogen) atoms. The summed E-state index contributed by atoms with van der Waals surface area (Å²) in [6.45, 7) is 8.42. The molecule has 120 valence electrons. The van der Waals surface area contributed by atoms with E-state index in [0.29, 0.717) is 6.61 Å². The lowest BCUT2D eigenvalue weighted by Crippen LogP contribution is -2.50. The highest BCUT2D eigenvalue weighted by atomic mass is 16.7. The Morgan fingerprint density at radius 2 is 1.90 bits per heavy atom. The lowest BCUT2D eigenvalue weighted by Gasteiger charge is -2.33. The highest BCUT2D eigenvalue weighted by Crippen LogP contribution is 2.57. The summed E-state index contributed by atoms with van der Waals surface area (Å²) in [5.41, 5.74) is 1.51. The van der Waals surface area contributed by atoms with Crippen molar-refractivity contribution < 1.29 is 24.2 Å². The largest absolute Gasteiger partial charge is 0.363 e. The molecule has 3 aliphatic heterocycles. The van der Waals surface area contributed by atoms with E-state index in [1.54, 1.807) is 0 Å². The second-order valence-electron chi connectivity index (χ2n) is 7.52. The minimum atomic E-state index is -0.681. The molecule has 0 radical (unpaired) electrons. The quantitative estimate of drug-likeness (QED) is 0.625. The second-order valence-corrected chi connectivity index (χ2v) is 7.52. The molecule has 1 saturated carbocycles. The normalized spacial score (nSPS) is 53.3. The summed E-state index contributed by atoms with van der Waals surface area (Å²) in [6.07, 6.45) is 0.375. The van der Waals surface area contributed by atoms with Crippen LogP contribution >= 0.6 is 0 Å². The molecule has 0 aromatic heterocycles. The Labute approximate surface area is 124 Å². The molecule has 4 unspecified atom stereocenters. The van der Waals surface area contributed by atoms with Crippen LogP contribution in [-0.2, 0) is 18.9 Å². The molecule has 7 nitrogen and oxygen atoms in total. The van der Waals surface area contributed by atoms with E-state index in [9.17, 15) is 5.21 Å². The van der Waals surface area contributed by atoms with E-state index in [2.05, 4.69) is 10.8 Å². The van der Waals surface area contributed by atoms with Crippen molar-refractivity contribution >= 4 is 0 Å². The summed E-state index contributed by atoms with van der Waals surface area (Å²) >= 11 is 0. The first-order valence-corrected chi connectivity index (χ1v) is 7.61. The number of hydrogen-bond donors (Lipinski definition) is 3. The van der Waals surface area contributed by atoms with Gasteiger partial charge < -0.3 is 24.2 Å². The summed E-state index contributed by atoms with van der Waals surface area (Å²) in [6, 6.07) is -0.109. The van der Waals surface area contributed by atoms with Gasteiger partial charge in [-0.25, -0.2) is 0 Å². The molecular formula is C14H24N2O5. The highest BCUT2D eigenvalue weighted by molar-refractivity contribution is 5.26. The summed E-state index contributed by atoms with van der Waals surface area (Å²) in [4.78, 5) is 0. The van der Waals surface area contributed by atoms with Crippen LogP contribution in [0, 0.1) is 0 Å². The number of hydrogen-bond acceptors (Lipinski definition) is 7. The predicted molar refractivity (Wildman–Crippen MR) is 71.7 cm³/mol.